The average molecular weight is 261 g/mol. The molecule has 0 saturated heterocycles. The molecule has 0 radical (unpaired) electrons. The maximum atomic E-state index is 13.6. The Bertz CT molecular complexity index is 638. The zero-order valence-corrected chi connectivity index (χ0v) is 10.6. The highest BCUT2D eigenvalue weighted by molar-refractivity contribution is 6.05. The highest BCUT2D eigenvalue weighted by Gasteiger charge is 2.12. The Kier molecular flexibility index (Phi) is 3.60. The van der Waals surface area contributed by atoms with Gasteiger partial charge in [0.15, 0.2) is 0 Å². The predicted octanol–water partition coefficient (Wildman–Crippen LogP) is 3.83. The van der Waals surface area contributed by atoms with Gasteiger partial charge in [-0.05, 0) is 55.3 Å². The summed E-state index contributed by atoms with van der Waals surface area (Å²) in [6.07, 6.45) is 0. The fourth-order valence-corrected chi connectivity index (χ4v) is 1.79. The number of aryl methyl sites for hydroxylation is 2. The second kappa shape index (κ2) is 5.18. The molecule has 2 rings (SSSR count). The number of rotatable bonds is 2. The topological polar surface area (TPSA) is 29.1 Å². The van der Waals surface area contributed by atoms with E-state index < -0.39 is 17.5 Å². The molecule has 0 aliphatic heterocycles. The van der Waals surface area contributed by atoms with E-state index in [0.29, 0.717) is 11.1 Å². The van der Waals surface area contributed by atoms with Gasteiger partial charge in [-0.25, -0.2) is 8.78 Å². The van der Waals surface area contributed by atoms with Crippen molar-refractivity contribution in [2.45, 2.75) is 13.8 Å². The summed E-state index contributed by atoms with van der Waals surface area (Å²) in [5, 5.41) is 2.48. The Morgan fingerprint density at radius 3 is 2.42 bits per heavy atom. The number of carbonyl (C=O) groups excluding carboxylic acids is 1. The van der Waals surface area contributed by atoms with Crippen LogP contribution in [0.4, 0.5) is 14.5 Å². The summed E-state index contributed by atoms with van der Waals surface area (Å²) in [6.45, 7) is 3.39. The van der Waals surface area contributed by atoms with Gasteiger partial charge in [-0.1, -0.05) is 6.07 Å². The van der Waals surface area contributed by atoms with Crippen LogP contribution in [-0.4, -0.2) is 5.91 Å². The van der Waals surface area contributed by atoms with Crippen LogP contribution >= 0.6 is 0 Å². The van der Waals surface area contributed by atoms with Gasteiger partial charge in [0.05, 0.1) is 5.69 Å². The van der Waals surface area contributed by atoms with E-state index in [4.69, 9.17) is 0 Å². The molecule has 0 fully saturated rings. The fourth-order valence-electron chi connectivity index (χ4n) is 1.79. The van der Waals surface area contributed by atoms with Crippen molar-refractivity contribution in [1.82, 2.24) is 0 Å². The molecule has 2 aromatic rings. The van der Waals surface area contributed by atoms with E-state index in [1.807, 2.05) is 0 Å². The van der Waals surface area contributed by atoms with E-state index in [-0.39, 0.29) is 5.69 Å². The van der Waals surface area contributed by atoms with Crippen LogP contribution in [0.2, 0.25) is 0 Å². The molecule has 1 amide bonds. The molecule has 0 aliphatic carbocycles. The Labute approximate surface area is 110 Å². The maximum Gasteiger partial charge on any atom is 0.256 e. The van der Waals surface area contributed by atoms with Gasteiger partial charge in [-0.15, -0.1) is 0 Å². The van der Waals surface area contributed by atoms with Crippen molar-refractivity contribution in [3.8, 4) is 0 Å². The number of amides is 1. The molecular weight excluding hydrogens is 248 g/mol. The van der Waals surface area contributed by atoms with Crippen molar-refractivity contribution >= 4 is 11.6 Å². The Hall–Kier alpha value is -2.23. The van der Waals surface area contributed by atoms with E-state index in [2.05, 4.69) is 5.32 Å². The fraction of sp³-hybridized carbons (Fsp3) is 0.133. The molecule has 98 valence electrons. The van der Waals surface area contributed by atoms with E-state index in [1.54, 1.807) is 19.9 Å². The van der Waals surface area contributed by atoms with Gasteiger partial charge < -0.3 is 5.32 Å². The third-order valence-corrected chi connectivity index (χ3v) is 2.81. The molecule has 0 atom stereocenters. The molecule has 0 saturated carbocycles. The van der Waals surface area contributed by atoms with Crippen LogP contribution in [-0.2, 0) is 0 Å². The second-order valence-electron chi connectivity index (χ2n) is 4.40. The zero-order chi connectivity index (χ0) is 14.0. The number of hydrogen-bond acceptors (Lipinski definition) is 1. The number of halogens is 2. The minimum Gasteiger partial charge on any atom is -0.319 e. The minimum absolute atomic E-state index is 0.110. The van der Waals surface area contributed by atoms with Crippen LogP contribution in [0.5, 0.6) is 0 Å². The molecule has 2 nitrogen and oxygen atoms in total. The minimum atomic E-state index is -0.492. The maximum absolute atomic E-state index is 13.6. The van der Waals surface area contributed by atoms with Gasteiger partial charge in [0.1, 0.15) is 11.6 Å². The van der Waals surface area contributed by atoms with Crippen molar-refractivity contribution in [2.75, 3.05) is 5.32 Å². The summed E-state index contributed by atoms with van der Waals surface area (Å²) in [4.78, 5) is 12.0. The molecule has 0 spiro atoms. The summed E-state index contributed by atoms with van der Waals surface area (Å²) in [5.74, 6) is -1.36. The zero-order valence-electron chi connectivity index (χ0n) is 10.6. The summed E-state index contributed by atoms with van der Waals surface area (Å²) < 4.78 is 26.6. The van der Waals surface area contributed by atoms with E-state index >= 15 is 0 Å². The van der Waals surface area contributed by atoms with Gasteiger partial charge in [0, 0.05) is 5.56 Å². The summed E-state index contributed by atoms with van der Waals surface area (Å²) in [7, 11) is 0. The third-order valence-electron chi connectivity index (χ3n) is 2.81. The standard InChI is InChI=1S/C15H13F2NO/c1-9-3-6-14(13(17)7-9)18-15(19)12-5-4-11(16)8-10(12)2/h3-8H,1-2H3,(H,18,19). The molecule has 2 aromatic carbocycles. The van der Waals surface area contributed by atoms with Crippen LogP contribution in [0.1, 0.15) is 21.5 Å². The lowest BCUT2D eigenvalue weighted by molar-refractivity contribution is 0.102. The largest absolute Gasteiger partial charge is 0.319 e. The molecule has 19 heavy (non-hydrogen) atoms. The lowest BCUT2D eigenvalue weighted by Crippen LogP contribution is -2.14. The number of carbonyl (C=O) groups is 1. The first-order valence-corrected chi connectivity index (χ1v) is 5.81. The first kappa shape index (κ1) is 13.2. The van der Waals surface area contributed by atoms with Crippen LogP contribution in [0, 0.1) is 25.5 Å². The van der Waals surface area contributed by atoms with Crippen LogP contribution in [0.3, 0.4) is 0 Å². The van der Waals surface area contributed by atoms with Gasteiger partial charge in [0.2, 0.25) is 0 Å². The third kappa shape index (κ3) is 2.96. The highest BCUT2D eigenvalue weighted by Crippen LogP contribution is 2.18. The van der Waals surface area contributed by atoms with Crippen molar-refractivity contribution in [3.05, 3.63) is 64.7 Å². The molecule has 1 N–H and O–H groups in total. The van der Waals surface area contributed by atoms with Crippen molar-refractivity contribution < 1.29 is 13.6 Å². The highest BCUT2D eigenvalue weighted by atomic mass is 19.1. The van der Waals surface area contributed by atoms with E-state index in [9.17, 15) is 13.6 Å². The molecule has 0 heterocycles. The van der Waals surface area contributed by atoms with Crippen LogP contribution in [0.15, 0.2) is 36.4 Å². The number of benzene rings is 2. The van der Waals surface area contributed by atoms with Gasteiger partial charge >= 0.3 is 0 Å². The summed E-state index contributed by atoms with van der Waals surface area (Å²) >= 11 is 0. The normalized spacial score (nSPS) is 10.3. The van der Waals surface area contributed by atoms with Gasteiger partial charge in [0.25, 0.3) is 5.91 Å². The first-order chi connectivity index (χ1) is 8.97. The average Bonchev–Trinajstić information content (AvgIpc) is 2.32. The quantitative estimate of drug-likeness (QED) is 0.874. The Balaban J connectivity index is 2.25. The van der Waals surface area contributed by atoms with Crippen LogP contribution in [0.25, 0.3) is 0 Å². The number of nitrogens with one attached hydrogen (secondary N) is 1. The monoisotopic (exact) mass is 261 g/mol. The van der Waals surface area contributed by atoms with Gasteiger partial charge in [-0.2, -0.15) is 0 Å². The smallest absolute Gasteiger partial charge is 0.256 e. The number of anilines is 1. The van der Waals surface area contributed by atoms with Crippen molar-refractivity contribution in [2.24, 2.45) is 0 Å². The van der Waals surface area contributed by atoms with E-state index in [1.165, 1.54) is 30.3 Å². The molecule has 0 aromatic heterocycles. The second-order valence-corrected chi connectivity index (χ2v) is 4.40. The molecule has 4 heteroatoms. The molecular formula is C15H13F2NO. The number of hydrogen-bond donors (Lipinski definition) is 1. The lowest BCUT2D eigenvalue weighted by atomic mass is 10.1. The Morgan fingerprint density at radius 1 is 1.05 bits per heavy atom. The summed E-state index contributed by atoms with van der Waals surface area (Å²) in [5.41, 5.74) is 1.71. The first-order valence-electron chi connectivity index (χ1n) is 5.81. The molecule has 0 bridgehead atoms. The molecule has 0 unspecified atom stereocenters. The van der Waals surface area contributed by atoms with E-state index in [0.717, 1.165) is 5.56 Å². The van der Waals surface area contributed by atoms with Gasteiger partial charge in [-0.3, -0.25) is 4.79 Å². The summed E-state index contributed by atoms with van der Waals surface area (Å²) in [6, 6.07) is 8.39. The molecule has 0 aliphatic rings. The Morgan fingerprint density at radius 2 is 1.79 bits per heavy atom. The van der Waals surface area contributed by atoms with Crippen LogP contribution < -0.4 is 5.32 Å². The predicted molar refractivity (Wildman–Crippen MR) is 70.2 cm³/mol. The van der Waals surface area contributed by atoms with Crippen molar-refractivity contribution in [3.63, 3.8) is 0 Å². The lowest BCUT2D eigenvalue weighted by Gasteiger charge is -2.09. The van der Waals surface area contributed by atoms with Crippen molar-refractivity contribution in [1.29, 1.82) is 0 Å². The SMILES string of the molecule is Cc1ccc(NC(=O)c2ccc(F)cc2C)c(F)c1.